The van der Waals surface area contributed by atoms with Crippen molar-refractivity contribution in [3.05, 3.63) is 47.0 Å². The molecule has 0 radical (unpaired) electrons. The van der Waals surface area contributed by atoms with Gasteiger partial charge in [0.25, 0.3) is 0 Å². The summed E-state index contributed by atoms with van der Waals surface area (Å²) in [7, 11) is 1.80. The monoisotopic (exact) mass is 266 g/mol. The number of nitrogens with two attached hydrogens (primary N) is 1. The Bertz CT molecular complexity index is 562. The lowest BCUT2D eigenvalue weighted by Crippen LogP contribution is -2.18. The van der Waals surface area contributed by atoms with Gasteiger partial charge in [-0.25, -0.2) is 14.4 Å². The second-order valence-corrected chi connectivity index (χ2v) is 4.26. The van der Waals surface area contributed by atoms with Crippen LogP contribution in [-0.4, -0.2) is 17.0 Å². The highest BCUT2D eigenvalue weighted by atomic mass is 35.5. The van der Waals surface area contributed by atoms with Gasteiger partial charge in [-0.1, -0.05) is 23.7 Å². The molecule has 4 nitrogen and oxygen atoms in total. The average Bonchev–Trinajstić information content (AvgIpc) is 2.32. The minimum Gasteiger partial charge on any atom is -0.382 e. The van der Waals surface area contributed by atoms with E-state index in [0.717, 1.165) is 5.56 Å². The third-order valence-electron chi connectivity index (χ3n) is 2.47. The molecule has 18 heavy (non-hydrogen) atoms. The number of halogens is 2. The highest BCUT2D eigenvalue weighted by molar-refractivity contribution is 6.35. The summed E-state index contributed by atoms with van der Waals surface area (Å²) >= 11 is 6.02. The number of nitrogen functional groups attached to an aromatic ring is 1. The van der Waals surface area contributed by atoms with E-state index < -0.39 is 0 Å². The van der Waals surface area contributed by atoms with E-state index in [0.29, 0.717) is 17.4 Å². The molecule has 0 fully saturated rings. The summed E-state index contributed by atoms with van der Waals surface area (Å²) < 4.78 is 13.1. The molecule has 0 aliphatic carbocycles. The molecular formula is C12H12ClFN4. The summed E-state index contributed by atoms with van der Waals surface area (Å²) in [5.74, 6) is 0.482. The van der Waals surface area contributed by atoms with Crippen LogP contribution in [0.4, 0.5) is 16.0 Å². The summed E-state index contributed by atoms with van der Waals surface area (Å²) in [4.78, 5) is 9.64. The van der Waals surface area contributed by atoms with Crippen LogP contribution in [0.1, 0.15) is 5.56 Å². The minimum absolute atomic E-state index is 0.229. The molecule has 1 aromatic carbocycles. The Morgan fingerprint density at radius 2 is 2.17 bits per heavy atom. The number of hydrogen-bond acceptors (Lipinski definition) is 4. The molecule has 94 valence electrons. The first kappa shape index (κ1) is 12.6. The van der Waals surface area contributed by atoms with Gasteiger partial charge in [0.2, 0.25) is 0 Å². The van der Waals surface area contributed by atoms with E-state index in [1.54, 1.807) is 18.0 Å². The summed E-state index contributed by atoms with van der Waals surface area (Å²) in [6, 6.07) is 6.36. The number of anilines is 2. The zero-order valence-electron chi connectivity index (χ0n) is 9.77. The van der Waals surface area contributed by atoms with Crippen LogP contribution in [0.15, 0.2) is 30.6 Å². The number of hydrogen-bond donors (Lipinski definition) is 1. The molecule has 0 saturated heterocycles. The summed E-state index contributed by atoms with van der Waals surface area (Å²) in [5, 5.41) is 0.302. The minimum atomic E-state index is -0.269. The zero-order valence-corrected chi connectivity index (χ0v) is 10.5. The fourth-order valence-electron chi connectivity index (χ4n) is 1.62. The second kappa shape index (κ2) is 5.18. The van der Waals surface area contributed by atoms with Crippen molar-refractivity contribution in [1.29, 1.82) is 0 Å². The van der Waals surface area contributed by atoms with Gasteiger partial charge in [-0.05, 0) is 17.7 Å². The Balaban J connectivity index is 2.22. The van der Waals surface area contributed by atoms with Gasteiger partial charge in [-0.15, -0.1) is 0 Å². The lowest BCUT2D eigenvalue weighted by molar-refractivity contribution is 0.625. The van der Waals surface area contributed by atoms with Gasteiger partial charge in [0.15, 0.2) is 5.82 Å². The van der Waals surface area contributed by atoms with Crippen LogP contribution in [-0.2, 0) is 6.54 Å². The number of rotatable bonds is 3. The van der Waals surface area contributed by atoms with Crippen LogP contribution < -0.4 is 10.6 Å². The van der Waals surface area contributed by atoms with E-state index in [2.05, 4.69) is 9.97 Å². The molecule has 2 aromatic rings. The van der Waals surface area contributed by atoms with E-state index in [9.17, 15) is 4.39 Å². The standard InChI is InChI=1S/C12H12ClFN4/c1-18(6-8-3-2-4-9(14)5-8)12-10(13)11(15)16-7-17-12/h2-5,7H,6H2,1H3,(H2,15,16,17). The number of benzene rings is 1. The molecule has 0 bridgehead atoms. The van der Waals surface area contributed by atoms with Gasteiger partial charge in [-0.3, -0.25) is 0 Å². The normalized spacial score (nSPS) is 10.4. The molecule has 0 aliphatic rings. The SMILES string of the molecule is CN(Cc1cccc(F)c1)c1ncnc(N)c1Cl. The Morgan fingerprint density at radius 3 is 2.89 bits per heavy atom. The van der Waals surface area contributed by atoms with Gasteiger partial charge in [0, 0.05) is 13.6 Å². The van der Waals surface area contributed by atoms with E-state index in [1.165, 1.54) is 18.5 Å². The molecule has 2 rings (SSSR count). The van der Waals surface area contributed by atoms with Crippen molar-refractivity contribution in [2.75, 3.05) is 17.7 Å². The molecule has 2 N–H and O–H groups in total. The van der Waals surface area contributed by atoms with Crippen LogP contribution in [0.3, 0.4) is 0 Å². The van der Waals surface area contributed by atoms with Gasteiger partial charge in [-0.2, -0.15) is 0 Å². The van der Waals surface area contributed by atoms with E-state index in [-0.39, 0.29) is 11.6 Å². The highest BCUT2D eigenvalue weighted by Crippen LogP contribution is 2.26. The molecular weight excluding hydrogens is 255 g/mol. The zero-order chi connectivity index (χ0) is 13.1. The van der Waals surface area contributed by atoms with E-state index in [4.69, 9.17) is 17.3 Å². The first-order valence-corrected chi connectivity index (χ1v) is 5.67. The fourth-order valence-corrected chi connectivity index (χ4v) is 1.87. The van der Waals surface area contributed by atoms with E-state index >= 15 is 0 Å². The maximum atomic E-state index is 13.1. The van der Waals surface area contributed by atoms with Gasteiger partial charge < -0.3 is 10.6 Å². The lowest BCUT2D eigenvalue weighted by Gasteiger charge is -2.19. The molecule has 1 aromatic heterocycles. The molecule has 0 unspecified atom stereocenters. The third-order valence-corrected chi connectivity index (χ3v) is 2.83. The Labute approximate surface area is 109 Å². The third kappa shape index (κ3) is 2.68. The predicted molar refractivity (Wildman–Crippen MR) is 70.0 cm³/mol. The van der Waals surface area contributed by atoms with Crippen LogP contribution in [0.2, 0.25) is 5.02 Å². The second-order valence-electron chi connectivity index (χ2n) is 3.88. The van der Waals surface area contributed by atoms with Gasteiger partial charge >= 0.3 is 0 Å². The molecule has 0 atom stereocenters. The van der Waals surface area contributed by atoms with Crippen molar-refractivity contribution in [2.45, 2.75) is 6.54 Å². The molecule has 1 heterocycles. The van der Waals surface area contributed by atoms with Crippen molar-refractivity contribution < 1.29 is 4.39 Å². The quantitative estimate of drug-likeness (QED) is 0.927. The Morgan fingerprint density at radius 1 is 1.39 bits per heavy atom. The smallest absolute Gasteiger partial charge is 0.153 e. The molecule has 0 amide bonds. The maximum absolute atomic E-state index is 13.1. The topological polar surface area (TPSA) is 55.0 Å². The molecule has 0 saturated carbocycles. The highest BCUT2D eigenvalue weighted by Gasteiger charge is 2.11. The molecule has 6 heteroatoms. The van der Waals surface area contributed by atoms with Crippen LogP contribution >= 0.6 is 11.6 Å². The summed E-state index contributed by atoms with van der Waals surface area (Å²) in [5.41, 5.74) is 6.43. The van der Waals surface area contributed by atoms with Crippen molar-refractivity contribution in [3.63, 3.8) is 0 Å². The van der Waals surface area contributed by atoms with E-state index in [1.807, 2.05) is 6.07 Å². The number of aromatic nitrogens is 2. The lowest BCUT2D eigenvalue weighted by atomic mass is 10.2. The average molecular weight is 267 g/mol. The van der Waals surface area contributed by atoms with Crippen molar-refractivity contribution in [2.24, 2.45) is 0 Å². The van der Waals surface area contributed by atoms with Crippen molar-refractivity contribution >= 4 is 23.2 Å². The largest absolute Gasteiger partial charge is 0.382 e. The Hall–Kier alpha value is -1.88. The maximum Gasteiger partial charge on any atom is 0.153 e. The summed E-state index contributed by atoms with van der Waals surface area (Å²) in [6.45, 7) is 0.480. The fraction of sp³-hybridized carbons (Fsp3) is 0.167. The van der Waals surface area contributed by atoms with Crippen molar-refractivity contribution in [3.8, 4) is 0 Å². The van der Waals surface area contributed by atoms with Gasteiger partial charge in [0.1, 0.15) is 23.0 Å². The first-order valence-electron chi connectivity index (χ1n) is 5.29. The Kier molecular flexibility index (Phi) is 3.62. The van der Waals surface area contributed by atoms with Crippen LogP contribution in [0.5, 0.6) is 0 Å². The number of nitrogens with zero attached hydrogens (tertiary/aromatic N) is 3. The van der Waals surface area contributed by atoms with Crippen LogP contribution in [0, 0.1) is 5.82 Å². The summed E-state index contributed by atoms with van der Waals surface area (Å²) in [6.07, 6.45) is 1.35. The van der Waals surface area contributed by atoms with Crippen molar-refractivity contribution in [1.82, 2.24) is 9.97 Å². The van der Waals surface area contributed by atoms with Crippen LogP contribution in [0.25, 0.3) is 0 Å². The first-order chi connectivity index (χ1) is 8.58. The molecule has 0 aliphatic heterocycles. The molecule has 0 spiro atoms. The predicted octanol–water partition coefficient (Wildman–Crippen LogP) is 2.49. The van der Waals surface area contributed by atoms with Gasteiger partial charge in [0.05, 0.1) is 0 Å².